The maximum absolute atomic E-state index is 12.1. The zero-order chi connectivity index (χ0) is 14.1. The van der Waals surface area contributed by atoms with Crippen LogP contribution in [0.5, 0.6) is 0 Å². The summed E-state index contributed by atoms with van der Waals surface area (Å²) < 4.78 is 6.36. The third-order valence-electron chi connectivity index (χ3n) is 2.87. The summed E-state index contributed by atoms with van der Waals surface area (Å²) in [6.07, 6.45) is 3.00. The van der Waals surface area contributed by atoms with Crippen molar-refractivity contribution >= 4 is 11.6 Å². The summed E-state index contributed by atoms with van der Waals surface area (Å²) in [6.45, 7) is 1.98. The molecule has 0 atom stereocenters. The number of fused-ring (bicyclic) bond motifs is 1. The van der Waals surface area contributed by atoms with Gasteiger partial charge < -0.3 is 9.73 Å². The first kappa shape index (κ1) is 12.2. The number of aromatic nitrogens is 3. The molecule has 0 unspecified atom stereocenters. The van der Waals surface area contributed by atoms with Gasteiger partial charge in [-0.05, 0) is 19.1 Å². The molecule has 3 aromatic heterocycles. The van der Waals surface area contributed by atoms with E-state index in [2.05, 4.69) is 15.4 Å². The SMILES string of the molecule is Cc1cc(=O)n2[nH]cc(C(=O)NCc3ccco3)c2n1. The molecule has 0 bridgehead atoms. The van der Waals surface area contributed by atoms with E-state index in [4.69, 9.17) is 4.42 Å². The molecule has 0 aromatic carbocycles. The monoisotopic (exact) mass is 272 g/mol. The third-order valence-corrected chi connectivity index (χ3v) is 2.87. The fraction of sp³-hybridized carbons (Fsp3) is 0.154. The van der Waals surface area contributed by atoms with Crippen LogP contribution < -0.4 is 10.9 Å². The second-order valence-corrected chi connectivity index (χ2v) is 4.34. The van der Waals surface area contributed by atoms with Gasteiger partial charge in [0.05, 0.1) is 12.8 Å². The molecule has 0 aliphatic carbocycles. The Balaban J connectivity index is 1.90. The Hall–Kier alpha value is -2.83. The number of nitrogens with one attached hydrogen (secondary N) is 2. The van der Waals surface area contributed by atoms with Crippen molar-refractivity contribution in [1.29, 1.82) is 0 Å². The van der Waals surface area contributed by atoms with Gasteiger partial charge in [0.15, 0.2) is 5.65 Å². The van der Waals surface area contributed by atoms with Crippen LogP contribution in [0.25, 0.3) is 5.65 Å². The first-order chi connectivity index (χ1) is 9.65. The average Bonchev–Trinajstić information content (AvgIpc) is 3.04. The standard InChI is InChI=1S/C13H12N4O3/c1-8-5-11(18)17-12(16-8)10(7-15-17)13(19)14-6-9-3-2-4-20-9/h2-5,7,15H,6H2,1H3,(H,14,19). The van der Waals surface area contributed by atoms with Crippen molar-refractivity contribution in [2.45, 2.75) is 13.5 Å². The number of hydrogen-bond donors (Lipinski definition) is 2. The van der Waals surface area contributed by atoms with Gasteiger partial charge in [-0.15, -0.1) is 0 Å². The second-order valence-electron chi connectivity index (χ2n) is 4.34. The van der Waals surface area contributed by atoms with Crippen LogP contribution in [0, 0.1) is 6.92 Å². The molecular weight excluding hydrogens is 260 g/mol. The lowest BCUT2D eigenvalue weighted by atomic mass is 10.3. The van der Waals surface area contributed by atoms with Crippen LogP contribution in [-0.2, 0) is 6.54 Å². The Morgan fingerprint density at radius 1 is 1.55 bits per heavy atom. The Kier molecular flexibility index (Phi) is 2.86. The van der Waals surface area contributed by atoms with Crippen LogP contribution in [0.2, 0.25) is 0 Å². The molecule has 7 heteroatoms. The molecule has 20 heavy (non-hydrogen) atoms. The van der Waals surface area contributed by atoms with Gasteiger partial charge >= 0.3 is 0 Å². The van der Waals surface area contributed by atoms with Crippen molar-refractivity contribution in [3.05, 3.63) is 58.0 Å². The number of carbonyl (C=O) groups is 1. The third kappa shape index (κ3) is 2.09. The molecule has 0 aliphatic heterocycles. The molecule has 3 rings (SSSR count). The Bertz CT molecular complexity index is 814. The van der Waals surface area contributed by atoms with Gasteiger partial charge in [-0.2, -0.15) is 0 Å². The summed E-state index contributed by atoms with van der Waals surface area (Å²) in [4.78, 5) is 28.0. The number of aromatic amines is 1. The number of rotatable bonds is 3. The Labute approximate surface area is 113 Å². The zero-order valence-corrected chi connectivity index (χ0v) is 10.7. The topological polar surface area (TPSA) is 92.4 Å². The van der Waals surface area contributed by atoms with Crippen LogP contribution in [0.15, 0.2) is 39.9 Å². The van der Waals surface area contributed by atoms with Gasteiger partial charge in [0.2, 0.25) is 0 Å². The quantitative estimate of drug-likeness (QED) is 0.739. The van der Waals surface area contributed by atoms with Crippen LogP contribution >= 0.6 is 0 Å². The van der Waals surface area contributed by atoms with E-state index in [0.717, 1.165) is 0 Å². The van der Waals surface area contributed by atoms with Crippen molar-refractivity contribution in [3.63, 3.8) is 0 Å². The van der Waals surface area contributed by atoms with Crippen molar-refractivity contribution < 1.29 is 9.21 Å². The van der Waals surface area contributed by atoms with Crippen molar-refractivity contribution in [2.75, 3.05) is 0 Å². The minimum Gasteiger partial charge on any atom is -0.467 e. The van der Waals surface area contributed by atoms with Crippen LogP contribution in [-0.4, -0.2) is 20.5 Å². The molecule has 3 aromatic rings. The smallest absolute Gasteiger partial charge is 0.272 e. The Morgan fingerprint density at radius 3 is 3.15 bits per heavy atom. The first-order valence-corrected chi connectivity index (χ1v) is 6.03. The lowest BCUT2D eigenvalue weighted by Gasteiger charge is -2.01. The average molecular weight is 272 g/mol. The maximum atomic E-state index is 12.1. The van der Waals surface area contributed by atoms with E-state index >= 15 is 0 Å². The highest BCUT2D eigenvalue weighted by Gasteiger charge is 2.14. The van der Waals surface area contributed by atoms with E-state index in [9.17, 15) is 9.59 Å². The Morgan fingerprint density at radius 2 is 2.40 bits per heavy atom. The zero-order valence-electron chi connectivity index (χ0n) is 10.7. The lowest BCUT2D eigenvalue weighted by Crippen LogP contribution is -2.23. The van der Waals surface area contributed by atoms with Crippen LogP contribution in [0.3, 0.4) is 0 Å². The van der Waals surface area contributed by atoms with E-state index < -0.39 is 0 Å². The van der Waals surface area contributed by atoms with Gasteiger partial charge in [0.1, 0.15) is 11.3 Å². The lowest BCUT2D eigenvalue weighted by molar-refractivity contribution is 0.0949. The van der Waals surface area contributed by atoms with E-state index in [1.54, 1.807) is 19.1 Å². The molecule has 0 fully saturated rings. The highest BCUT2D eigenvalue weighted by atomic mass is 16.3. The molecule has 3 heterocycles. The fourth-order valence-corrected chi connectivity index (χ4v) is 1.94. The number of hydrogen-bond acceptors (Lipinski definition) is 4. The van der Waals surface area contributed by atoms with Gasteiger partial charge in [-0.25, -0.2) is 9.50 Å². The summed E-state index contributed by atoms with van der Waals surface area (Å²) in [7, 11) is 0. The predicted molar refractivity (Wildman–Crippen MR) is 70.4 cm³/mol. The van der Waals surface area contributed by atoms with Crippen molar-refractivity contribution in [2.24, 2.45) is 0 Å². The highest BCUT2D eigenvalue weighted by Crippen LogP contribution is 2.07. The minimum atomic E-state index is -0.322. The van der Waals surface area contributed by atoms with Gasteiger partial charge in [-0.3, -0.25) is 14.7 Å². The number of furan rings is 1. The molecule has 7 nitrogen and oxygen atoms in total. The summed E-state index contributed by atoms with van der Waals surface area (Å²) in [5.41, 5.74) is 0.941. The molecule has 0 saturated heterocycles. The molecule has 0 saturated carbocycles. The second kappa shape index (κ2) is 4.69. The van der Waals surface area contributed by atoms with E-state index in [1.807, 2.05) is 0 Å². The van der Waals surface area contributed by atoms with Crippen molar-refractivity contribution in [3.8, 4) is 0 Å². The number of amides is 1. The van der Waals surface area contributed by atoms with Gasteiger partial charge in [0, 0.05) is 18.0 Å². The number of carbonyl (C=O) groups excluding carboxylic acids is 1. The van der Waals surface area contributed by atoms with Gasteiger partial charge in [0.25, 0.3) is 11.5 Å². The molecular formula is C13H12N4O3. The molecule has 0 radical (unpaired) electrons. The summed E-state index contributed by atoms with van der Waals surface area (Å²) in [5.74, 6) is 0.331. The molecule has 0 spiro atoms. The predicted octanol–water partition coefficient (Wildman–Crippen LogP) is 0.854. The number of nitrogens with zero attached hydrogens (tertiary/aromatic N) is 2. The highest BCUT2D eigenvalue weighted by molar-refractivity contribution is 5.99. The summed E-state index contributed by atoms with van der Waals surface area (Å²) >= 11 is 0. The van der Waals surface area contributed by atoms with E-state index in [-0.39, 0.29) is 18.0 Å². The van der Waals surface area contributed by atoms with Gasteiger partial charge in [-0.1, -0.05) is 0 Å². The summed E-state index contributed by atoms with van der Waals surface area (Å²) in [6, 6.07) is 4.91. The van der Waals surface area contributed by atoms with Crippen molar-refractivity contribution in [1.82, 2.24) is 19.9 Å². The summed E-state index contributed by atoms with van der Waals surface area (Å²) in [5, 5.41) is 5.43. The molecule has 102 valence electrons. The normalized spacial score (nSPS) is 10.8. The molecule has 0 aliphatic rings. The molecule has 2 N–H and O–H groups in total. The minimum absolute atomic E-state index is 0.252. The number of aryl methyl sites for hydroxylation is 1. The van der Waals surface area contributed by atoms with E-state index in [1.165, 1.54) is 23.0 Å². The first-order valence-electron chi connectivity index (χ1n) is 6.03. The van der Waals surface area contributed by atoms with Crippen LogP contribution in [0.1, 0.15) is 21.8 Å². The maximum Gasteiger partial charge on any atom is 0.272 e. The molecule has 1 amide bonds. The largest absolute Gasteiger partial charge is 0.467 e. The van der Waals surface area contributed by atoms with Crippen LogP contribution in [0.4, 0.5) is 0 Å². The fourth-order valence-electron chi connectivity index (χ4n) is 1.94. The van der Waals surface area contributed by atoms with E-state index in [0.29, 0.717) is 22.7 Å². The number of H-pyrrole nitrogens is 1.